The lowest BCUT2D eigenvalue weighted by Gasteiger charge is -2.25. The first-order valence-corrected chi connectivity index (χ1v) is 12.7. The van der Waals surface area contributed by atoms with Crippen LogP contribution in [-0.4, -0.2) is 30.6 Å². The van der Waals surface area contributed by atoms with E-state index in [0.717, 1.165) is 42.4 Å². The summed E-state index contributed by atoms with van der Waals surface area (Å²) in [5, 5.41) is 0.534. The van der Waals surface area contributed by atoms with Crippen molar-refractivity contribution in [2.75, 3.05) is 19.8 Å². The van der Waals surface area contributed by atoms with Gasteiger partial charge in [-0.15, -0.1) is 0 Å². The molecule has 0 saturated heterocycles. The Hall–Kier alpha value is -3.28. The minimum Gasteiger partial charge on any atom is -0.490 e. The van der Waals surface area contributed by atoms with Crippen molar-refractivity contribution in [1.29, 1.82) is 0 Å². The van der Waals surface area contributed by atoms with Crippen molar-refractivity contribution in [3.8, 4) is 11.5 Å². The summed E-state index contributed by atoms with van der Waals surface area (Å²) in [5.74, 6) is 1.19. The maximum Gasteiger partial charge on any atom is 0.290 e. The largest absolute Gasteiger partial charge is 0.490 e. The van der Waals surface area contributed by atoms with E-state index < -0.39 is 6.04 Å². The first-order chi connectivity index (χ1) is 16.9. The third-order valence-electron chi connectivity index (χ3n) is 6.47. The molecule has 35 heavy (non-hydrogen) atoms. The lowest BCUT2D eigenvalue weighted by Crippen LogP contribution is -2.30. The van der Waals surface area contributed by atoms with Crippen LogP contribution < -0.4 is 14.9 Å². The van der Waals surface area contributed by atoms with Gasteiger partial charge in [0.15, 0.2) is 16.9 Å². The van der Waals surface area contributed by atoms with Gasteiger partial charge in [-0.25, -0.2) is 0 Å². The molecule has 0 fully saturated rings. The van der Waals surface area contributed by atoms with E-state index in [9.17, 15) is 9.59 Å². The van der Waals surface area contributed by atoms with E-state index in [1.165, 1.54) is 0 Å². The number of hydrogen-bond acceptors (Lipinski definition) is 5. The molecule has 0 spiro atoms. The highest BCUT2D eigenvalue weighted by atomic mass is 16.5. The number of rotatable bonds is 10. The van der Waals surface area contributed by atoms with E-state index in [2.05, 4.69) is 6.92 Å². The number of amides is 1. The Labute approximate surface area is 206 Å². The minimum atomic E-state index is -0.535. The van der Waals surface area contributed by atoms with E-state index in [-0.39, 0.29) is 17.1 Å². The van der Waals surface area contributed by atoms with Crippen LogP contribution in [0.3, 0.4) is 0 Å². The monoisotopic (exact) mass is 477 g/mol. The molecule has 1 unspecified atom stereocenters. The van der Waals surface area contributed by atoms with Crippen molar-refractivity contribution >= 4 is 16.9 Å². The number of carbonyl (C=O) groups is 1. The highest BCUT2D eigenvalue weighted by molar-refractivity contribution is 5.99. The molecule has 2 aromatic carbocycles. The average molecular weight is 478 g/mol. The summed E-state index contributed by atoms with van der Waals surface area (Å²) in [7, 11) is 0. The molecule has 4 rings (SSSR count). The SMILES string of the molecule is CCCCCOc1ccc(C2c3c(oc4cc(C)cc(C)c4c3=O)C(=O)N2CCC)cc1OCC. The Kier molecular flexibility index (Phi) is 7.48. The molecule has 0 bridgehead atoms. The lowest BCUT2D eigenvalue weighted by atomic mass is 9.96. The molecular formula is C29H35NO5. The summed E-state index contributed by atoms with van der Waals surface area (Å²) >= 11 is 0. The summed E-state index contributed by atoms with van der Waals surface area (Å²) in [4.78, 5) is 29.0. The second-order valence-corrected chi connectivity index (χ2v) is 9.22. The lowest BCUT2D eigenvalue weighted by molar-refractivity contribution is 0.0728. The van der Waals surface area contributed by atoms with Gasteiger partial charge in [0.1, 0.15) is 5.58 Å². The second kappa shape index (κ2) is 10.5. The van der Waals surface area contributed by atoms with E-state index in [4.69, 9.17) is 13.9 Å². The minimum absolute atomic E-state index is 0.142. The fraction of sp³-hybridized carbons (Fsp3) is 0.448. The molecule has 1 aliphatic heterocycles. The third kappa shape index (κ3) is 4.66. The predicted molar refractivity (Wildman–Crippen MR) is 138 cm³/mol. The molecule has 186 valence electrons. The van der Waals surface area contributed by atoms with Gasteiger partial charge in [0.2, 0.25) is 5.76 Å². The van der Waals surface area contributed by atoms with Crippen molar-refractivity contribution < 1.29 is 18.7 Å². The van der Waals surface area contributed by atoms with Crippen molar-refractivity contribution in [3.05, 3.63) is 68.6 Å². The molecule has 3 aromatic rings. The van der Waals surface area contributed by atoms with E-state index in [0.29, 0.717) is 47.8 Å². The summed E-state index contributed by atoms with van der Waals surface area (Å²) in [6.45, 7) is 11.6. The van der Waals surface area contributed by atoms with Crippen molar-refractivity contribution in [3.63, 3.8) is 0 Å². The maximum absolute atomic E-state index is 13.8. The number of unbranched alkanes of at least 4 members (excludes halogenated alkanes) is 2. The number of hydrogen-bond donors (Lipinski definition) is 0. The smallest absolute Gasteiger partial charge is 0.290 e. The molecule has 1 aliphatic rings. The van der Waals surface area contributed by atoms with Crippen LogP contribution in [0.2, 0.25) is 0 Å². The quantitative estimate of drug-likeness (QED) is 0.319. The molecule has 1 atom stereocenters. The first kappa shape index (κ1) is 24.8. The van der Waals surface area contributed by atoms with Gasteiger partial charge < -0.3 is 18.8 Å². The molecule has 0 saturated carbocycles. The summed E-state index contributed by atoms with van der Waals surface area (Å²) < 4.78 is 18.0. The Morgan fingerprint density at radius 3 is 2.46 bits per heavy atom. The van der Waals surface area contributed by atoms with Crippen LogP contribution in [0, 0.1) is 13.8 Å². The number of ether oxygens (including phenoxy) is 2. The molecule has 2 heterocycles. The molecule has 0 aliphatic carbocycles. The number of nitrogens with zero attached hydrogens (tertiary/aromatic N) is 1. The van der Waals surface area contributed by atoms with Gasteiger partial charge in [-0.3, -0.25) is 9.59 Å². The van der Waals surface area contributed by atoms with E-state index in [1.54, 1.807) is 4.90 Å². The van der Waals surface area contributed by atoms with Crippen molar-refractivity contribution in [2.24, 2.45) is 0 Å². The first-order valence-electron chi connectivity index (χ1n) is 12.7. The van der Waals surface area contributed by atoms with Gasteiger partial charge in [0.05, 0.1) is 30.2 Å². The van der Waals surface area contributed by atoms with Gasteiger partial charge >= 0.3 is 0 Å². The van der Waals surface area contributed by atoms with Crippen LogP contribution in [0.15, 0.2) is 39.5 Å². The topological polar surface area (TPSA) is 69.0 Å². The number of carbonyl (C=O) groups excluding carboxylic acids is 1. The van der Waals surface area contributed by atoms with Crippen LogP contribution >= 0.6 is 0 Å². The van der Waals surface area contributed by atoms with Crippen molar-refractivity contribution in [2.45, 2.75) is 66.3 Å². The summed E-state index contributed by atoms with van der Waals surface area (Å²) in [5.41, 5.74) is 3.37. The average Bonchev–Trinajstić information content (AvgIpc) is 3.09. The summed E-state index contributed by atoms with van der Waals surface area (Å²) in [6.07, 6.45) is 3.97. The highest BCUT2D eigenvalue weighted by Crippen LogP contribution is 2.41. The maximum atomic E-state index is 13.8. The second-order valence-electron chi connectivity index (χ2n) is 9.22. The fourth-order valence-electron chi connectivity index (χ4n) is 4.95. The number of benzene rings is 2. The van der Waals surface area contributed by atoms with Crippen LogP contribution in [0.4, 0.5) is 0 Å². The Balaban J connectivity index is 1.84. The van der Waals surface area contributed by atoms with Crippen molar-refractivity contribution in [1.82, 2.24) is 4.90 Å². The zero-order valence-corrected chi connectivity index (χ0v) is 21.4. The predicted octanol–water partition coefficient (Wildman–Crippen LogP) is 6.33. The van der Waals surface area contributed by atoms with Crippen LogP contribution in [-0.2, 0) is 0 Å². The molecular weight excluding hydrogens is 442 g/mol. The van der Waals surface area contributed by atoms with Gasteiger partial charge in [-0.2, -0.15) is 0 Å². The molecule has 6 heteroatoms. The zero-order valence-electron chi connectivity index (χ0n) is 21.4. The van der Waals surface area contributed by atoms with Crippen LogP contribution in [0.25, 0.3) is 11.0 Å². The molecule has 1 amide bonds. The Morgan fingerprint density at radius 2 is 1.74 bits per heavy atom. The van der Waals surface area contributed by atoms with E-state index >= 15 is 0 Å². The van der Waals surface area contributed by atoms with Gasteiger partial charge in [-0.1, -0.05) is 38.8 Å². The Bertz CT molecular complexity index is 1290. The standard InChI is InChI=1S/C29H35NO5/c1-6-9-10-14-34-21-12-11-20(17-22(21)33-8-3)26-25-27(31)24-19(5)15-18(4)16-23(24)35-28(25)29(32)30(26)13-7-2/h11-12,15-17,26H,6-10,13-14H2,1-5H3. The highest BCUT2D eigenvalue weighted by Gasteiger charge is 2.42. The zero-order chi connectivity index (χ0) is 25.1. The molecule has 6 nitrogen and oxygen atoms in total. The van der Waals surface area contributed by atoms with Gasteiger partial charge in [-0.05, 0) is 68.5 Å². The summed E-state index contributed by atoms with van der Waals surface area (Å²) in [6, 6.07) is 8.98. The molecule has 0 radical (unpaired) electrons. The normalized spacial score (nSPS) is 15.1. The van der Waals surface area contributed by atoms with Crippen LogP contribution in [0.5, 0.6) is 11.5 Å². The third-order valence-corrected chi connectivity index (χ3v) is 6.47. The van der Waals surface area contributed by atoms with Gasteiger partial charge in [0, 0.05) is 6.54 Å². The fourth-order valence-corrected chi connectivity index (χ4v) is 4.95. The Morgan fingerprint density at radius 1 is 0.943 bits per heavy atom. The number of fused-ring (bicyclic) bond motifs is 2. The van der Waals surface area contributed by atoms with E-state index in [1.807, 2.05) is 58.0 Å². The molecule has 0 N–H and O–H groups in total. The molecule has 1 aromatic heterocycles. The van der Waals surface area contributed by atoms with Gasteiger partial charge in [0.25, 0.3) is 5.91 Å². The van der Waals surface area contributed by atoms with Crippen LogP contribution in [0.1, 0.15) is 85.3 Å². The number of aryl methyl sites for hydroxylation is 2.